The molecule has 0 aromatic heterocycles. The first kappa shape index (κ1) is 13.2. The first-order valence-corrected chi connectivity index (χ1v) is 6.96. The molecule has 94 valence electrons. The second-order valence-corrected chi connectivity index (χ2v) is 5.99. The number of hydrogen-bond donors (Lipinski definition) is 1. The zero-order valence-corrected chi connectivity index (χ0v) is 11.5. The summed E-state index contributed by atoms with van der Waals surface area (Å²) in [6, 6.07) is 5.30. The molecule has 0 bridgehead atoms. The zero-order chi connectivity index (χ0) is 12.4. The van der Waals surface area contributed by atoms with E-state index in [2.05, 4.69) is 6.92 Å². The van der Waals surface area contributed by atoms with Gasteiger partial charge in [0.2, 0.25) is 0 Å². The lowest BCUT2D eigenvalue weighted by molar-refractivity contribution is 0.0715. The predicted molar refractivity (Wildman–Crippen MR) is 72.5 cm³/mol. The number of aliphatic hydroxyl groups excluding tert-OH is 1. The van der Waals surface area contributed by atoms with Gasteiger partial charge in [0.15, 0.2) is 0 Å². The van der Waals surface area contributed by atoms with Crippen molar-refractivity contribution < 1.29 is 5.11 Å². The zero-order valence-electron chi connectivity index (χ0n) is 10.00. The number of halogens is 2. The molecule has 1 aliphatic rings. The van der Waals surface area contributed by atoms with Gasteiger partial charge in [0.25, 0.3) is 0 Å². The van der Waals surface area contributed by atoms with E-state index in [1.165, 1.54) is 12.8 Å². The summed E-state index contributed by atoms with van der Waals surface area (Å²) in [7, 11) is 0. The average molecular weight is 273 g/mol. The van der Waals surface area contributed by atoms with Gasteiger partial charge in [-0.15, -0.1) is 0 Å². The molecule has 3 unspecified atom stereocenters. The van der Waals surface area contributed by atoms with E-state index in [1.807, 2.05) is 0 Å². The van der Waals surface area contributed by atoms with Crippen LogP contribution in [0.4, 0.5) is 0 Å². The van der Waals surface area contributed by atoms with Gasteiger partial charge in [0.1, 0.15) is 0 Å². The van der Waals surface area contributed by atoms with Crippen molar-refractivity contribution in [2.24, 2.45) is 11.8 Å². The van der Waals surface area contributed by atoms with Crippen molar-refractivity contribution in [3.63, 3.8) is 0 Å². The molecule has 0 saturated heterocycles. The fraction of sp³-hybridized carbons (Fsp3) is 0.571. The first-order valence-electron chi connectivity index (χ1n) is 6.21. The minimum Gasteiger partial charge on any atom is -0.388 e. The minimum absolute atomic E-state index is 0.315. The van der Waals surface area contributed by atoms with E-state index < -0.39 is 6.10 Å². The van der Waals surface area contributed by atoms with E-state index in [0.717, 1.165) is 18.4 Å². The Morgan fingerprint density at radius 1 is 1.29 bits per heavy atom. The van der Waals surface area contributed by atoms with Gasteiger partial charge < -0.3 is 5.11 Å². The van der Waals surface area contributed by atoms with Gasteiger partial charge >= 0.3 is 0 Å². The Balaban J connectivity index is 2.18. The van der Waals surface area contributed by atoms with E-state index in [0.29, 0.717) is 21.9 Å². The number of rotatable bonds is 2. The maximum absolute atomic E-state index is 10.4. The largest absolute Gasteiger partial charge is 0.388 e. The van der Waals surface area contributed by atoms with Crippen LogP contribution in [0.3, 0.4) is 0 Å². The SMILES string of the molecule is CC1CCCC(C(O)c2cc(Cl)ccc2Cl)C1. The van der Waals surface area contributed by atoms with Crippen LogP contribution in [0.2, 0.25) is 10.0 Å². The summed E-state index contributed by atoms with van der Waals surface area (Å²) in [4.78, 5) is 0. The fourth-order valence-electron chi connectivity index (χ4n) is 2.76. The highest BCUT2D eigenvalue weighted by Crippen LogP contribution is 2.39. The second kappa shape index (κ2) is 5.60. The Morgan fingerprint density at radius 2 is 2.06 bits per heavy atom. The molecule has 1 aromatic rings. The molecule has 1 aromatic carbocycles. The molecule has 3 heteroatoms. The molecule has 1 nitrogen and oxygen atoms in total. The highest BCUT2D eigenvalue weighted by molar-refractivity contribution is 6.33. The molecular weight excluding hydrogens is 255 g/mol. The molecule has 2 rings (SSSR count). The van der Waals surface area contributed by atoms with E-state index >= 15 is 0 Å². The van der Waals surface area contributed by atoms with Crippen LogP contribution < -0.4 is 0 Å². The molecule has 1 N–H and O–H groups in total. The van der Waals surface area contributed by atoms with Crippen LogP contribution in [0.5, 0.6) is 0 Å². The van der Waals surface area contributed by atoms with E-state index in [-0.39, 0.29) is 0 Å². The smallest absolute Gasteiger partial charge is 0.0833 e. The Hall–Kier alpha value is -0.240. The summed E-state index contributed by atoms with van der Waals surface area (Å²) in [5, 5.41) is 11.7. The number of hydrogen-bond acceptors (Lipinski definition) is 1. The van der Waals surface area contributed by atoms with E-state index in [9.17, 15) is 5.11 Å². The molecular formula is C14H18Cl2O. The van der Waals surface area contributed by atoms with Gasteiger partial charge in [-0.2, -0.15) is 0 Å². The summed E-state index contributed by atoms with van der Waals surface area (Å²) < 4.78 is 0. The Bertz CT molecular complexity index is 392. The third kappa shape index (κ3) is 3.15. The number of aliphatic hydroxyl groups is 1. The maximum Gasteiger partial charge on any atom is 0.0833 e. The molecule has 17 heavy (non-hydrogen) atoms. The summed E-state index contributed by atoms with van der Waals surface area (Å²) in [5.41, 5.74) is 0.776. The molecule has 0 radical (unpaired) electrons. The van der Waals surface area contributed by atoms with Gasteiger partial charge in [-0.3, -0.25) is 0 Å². The average Bonchev–Trinajstić information content (AvgIpc) is 2.31. The third-order valence-electron chi connectivity index (χ3n) is 3.70. The van der Waals surface area contributed by atoms with Crippen LogP contribution in [-0.2, 0) is 0 Å². The van der Waals surface area contributed by atoms with Crippen LogP contribution >= 0.6 is 23.2 Å². The first-order chi connectivity index (χ1) is 8.08. The lowest BCUT2D eigenvalue weighted by Gasteiger charge is -2.31. The van der Waals surface area contributed by atoms with Crippen LogP contribution in [0.25, 0.3) is 0 Å². The van der Waals surface area contributed by atoms with Crippen molar-refractivity contribution >= 4 is 23.2 Å². The van der Waals surface area contributed by atoms with Crippen LogP contribution in [0.1, 0.15) is 44.3 Å². The van der Waals surface area contributed by atoms with Crippen LogP contribution in [-0.4, -0.2) is 5.11 Å². The quantitative estimate of drug-likeness (QED) is 0.816. The Kier molecular flexibility index (Phi) is 4.35. The molecule has 3 atom stereocenters. The Labute approximate surface area is 113 Å². The van der Waals surface area contributed by atoms with E-state index in [4.69, 9.17) is 23.2 Å². The van der Waals surface area contributed by atoms with Gasteiger partial charge in [0.05, 0.1) is 6.10 Å². The molecule has 1 aliphatic carbocycles. The van der Waals surface area contributed by atoms with Crippen LogP contribution in [0, 0.1) is 11.8 Å². The standard InChI is InChI=1S/C14H18Cl2O/c1-9-3-2-4-10(7-9)14(17)12-8-11(15)5-6-13(12)16/h5-6,8-10,14,17H,2-4,7H2,1H3. The topological polar surface area (TPSA) is 20.2 Å². The van der Waals surface area contributed by atoms with Gasteiger partial charge in [-0.1, -0.05) is 43.0 Å². The van der Waals surface area contributed by atoms with Gasteiger partial charge in [0, 0.05) is 15.6 Å². The van der Waals surface area contributed by atoms with Crippen molar-refractivity contribution in [1.82, 2.24) is 0 Å². The van der Waals surface area contributed by atoms with Crippen LogP contribution in [0.15, 0.2) is 18.2 Å². The molecule has 0 aliphatic heterocycles. The normalized spacial score (nSPS) is 26.8. The van der Waals surface area contributed by atoms with E-state index in [1.54, 1.807) is 18.2 Å². The predicted octanol–water partition coefficient (Wildman–Crippen LogP) is 4.85. The molecule has 1 fully saturated rings. The summed E-state index contributed by atoms with van der Waals surface area (Å²) >= 11 is 12.1. The maximum atomic E-state index is 10.4. The molecule has 0 heterocycles. The van der Waals surface area contributed by atoms with Crippen molar-refractivity contribution in [2.75, 3.05) is 0 Å². The fourth-order valence-corrected chi connectivity index (χ4v) is 3.17. The Morgan fingerprint density at radius 3 is 2.76 bits per heavy atom. The lowest BCUT2D eigenvalue weighted by atomic mass is 9.78. The molecule has 0 spiro atoms. The van der Waals surface area contributed by atoms with Gasteiger partial charge in [-0.25, -0.2) is 0 Å². The number of benzene rings is 1. The minimum atomic E-state index is -0.482. The lowest BCUT2D eigenvalue weighted by Crippen LogP contribution is -2.20. The monoisotopic (exact) mass is 272 g/mol. The summed E-state index contributed by atoms with van der Waals surface area (Å²) in [6.45, 7) is 2.25. The van der Waals surface area contributed by atoms with Crippen molar-refractivity contribution in [2.45, 2.75) is 38.7 Å². The highest BCUT2D eigenvalue weighted by Gasteiger charge is 2.27. The van der Waals surface area contributed by atoms with Gasteiger partial charge in [-0.05, 0) is 42.9 Å². The summed E-state index contributed by atoms with van der Waals surface area (Å²) in [5.74, 6) is 1.01. The molecule has 1 saturated carbocycles. The molecule has 0 amide bonds. The highest BCUT2D eigenvalue weighted by atomic mass is 35.5. The van der Waals surface area contributed by atoms with Crippen molar-refractivity contribution in [1.29, 1.82) is 0 Å². The summed E-state index contributed by atoms with van der Waals surface area (Å²) in [6.07, 6.45) is 4.13. The van der Waals surface area contributed by atoms with Crippen molar-refractivity contribution in [3.05, 3.63) is 33.8 Å². The third-order valence-corrected chi connectivity index (χ3v) is 4.28. The second-order valence-electron chi connectivity index (χ2n) is 5.14. The van der Waals surface area contributed by atoms with Crippen molar-refractivity contribution in [3.8, 4) is 0 Å².